The highest BCUT2D eigenvalue weighted by molar-refractivity contribution is 5.89. The van der Waals surface area contributed by atoms with Crippen LogP contribution in [0, 0.1) is 11.8 Å². The van der Waals surface area contributed by atoms with Crippen LogP contribution in [0.25, 0.3) is 16.9 Å². The summed E-state index contributed by atoms with van der Waals surface area (Å²) in [6, 6.07) is 6.41. The number of nitrogens with zero attached hydrogens (tertiary/aromatic N) is 5. The Morgan fingerprint density at radius 1 is 1.19 bits per heavy atom. The second kappa shape index (κ2) is 8.72. The molecule has 3 heterocycles. The van der Waals surface area contributed by atoms with Crippen LogP contribution in [0.15, 0.2) is 33.9 Å². The van der Waals surface area contributed by atoms with Gasteiger partial charge >= 0.3 is 11.7 Å². The minimum absolute atomic E-state index is 0.260. The molecule has 1 fully saturated rings. The van der Waals surface area contributed by atoms with E-state index in [9.17, 15) is 14.4 Å². The summed E-state index contributed by atoms with van der Waals surface area (Å²) >= 11 is 0. The second-order valence-electron chi connectivity index (χ2n) is 7.35. The van der Waals surface area contributed by atoms with Crippen molar-refractivity contribution in [3.8, 4) is 17.5 Å². The summed E-state index contributed by atoms with van der Waals surface area (Å²) in [4.78, 5) is 44.9. The van der Waals surface area contributed by atoms with Gasteiger partial charge in [-0.05, 0) is 31.2 Å². The van der Waals surface area contributed by atoms with E-state index in [0.717, 1.165) is 30.7 Å². The molecule has 1 aromatic carbocycles. The third-order valence-corrected chi connectivity index (χ3v) is 5.49. The molecule has 4 rings (SSSR count). The first-order valence-corrected chi connectivity index (χ1v) is 10.2. The Labute approximate surface area is 184 Å². The molecular weight excluding hydrogens is 412 g/mol. The molecule has 0 saturated carbocycles. The topological polar surface area (TPSA) is 103 Å². The molecule has 32 heavy (non-hydrogen) atoms. The molecule has 2 aromatic heterocycles. The van der Waals surface area contributed by atoms with Crippen LogP contribution >= 0.6 is 0 Å². The normalized spacial score (nSPS) is 13.7. The minimum Gasteiger partial charge on any atom is -0.465 e. The van der Waals surface area contributed by atoms with Gasteiger partial charge in [0.25, 0.3) is 5.56 Å². The van der Waals surface area contributed by atoms with Crippen molar-refractivity contribution < 1.29 is 9.53 Å². The van der Waals surface area contributed by atoms with Crippen LogP contribution < -0.4 is 21.5 Å². The molecular formula is C22H24N6O4. The van der Waals surface area contributed by atoms with E-state index < -0.39 is 17.2 Å². The number of anilines is 1. The first-order valence-electron chi connectivity index (χ1n) is 10.2. The molecule has 0 unspecified atom stereocenters. The largest absolute Gasteiger partial charge is 0.465 e. The number of aromatic nitrogens is 4. The highest BCUT2D eigenvalue weighted by Crippen LogP contribution is 2.22. The van der Waals surface area contributed by atoms with Crippen LogP contribution in [0.5, 0.6) is 0 Å². The van der Waals surface area contributed by atoms with E-state index in [-0.39, 0.29) is 12.2 Å². The summed E-state index contributed by atoms with van der Waals surface area (Å²) in [5, 5.41) is 3.30. The van der Waals surface area contributed by atoms with Gasteiger partial charge in [-0.3, -0.25) is 13.9 Å². The number of hydrogen-bond donors (Lipinski definition) is 1. The van der Waals surface area contributed by atoms with E-state index in [4.69, 9.17) is 9.72 Å². The molecule has 10 heteroatoms. The SMILES string of the molecule is CC#CCn1c(N2CCNCC2)nc2c1c(=O)n(C)c(=O)n2-c1ccc(C(=O)OC)cc1. The summed E-state index contributed by atoms with van der Waals surface area (Å²) < 4.78 is 8.97. The van der Waals surface area contributed by atoms with Crippen LogP contribution in [-0.4, -0.2) is 57.9 Å². The van der Waals surface area contributed by atoms with Crippen LogP contribution in [0.1, 0.15) is 17.3 Å². The van der Waals surface area contributed by atoms with Crippen molar-refractivity contribution in [1.82, 2.24) is 24.0 Å². The Bertz CT molecular complexity index is 1350. The van der Waals surface area contributed by atoms with E-state index in [0.29, 0.717) is 22.7 Å². The van der Waals surface area contributed by atoms with Crippen LogP contribution in [0.2, 0.25) is 0 Å². The molecule has 0 radical (unpaired) electrons. The number of carbonyl (C=O) groups excluding carboxylic acids is 1. The zero-order chi connectivity index (χ0) is 22.8. The van der Waals surface area contributed by atoms with Crippen LogP contribution in [0.4, 0.5) is 5.95 Å². The van der Waals surface area contributed by atoms with Crippen molar-refractivity contribution in [2.45, 2.75) is 13.5 Å². The molecule has 3 aromatic rings. The number of rotatable bonds is 4. The number of benzene rings is 1. The molecule has 1 aliphatic heterocycles. The molecule has 1 N–H and O–H groups in total. The first-order chi connectivity index (χ1) is 15.5. The Hall–Kier alpha value is -3.84. The Balaban J connectivity index is 2.00. The van der Waals surface area contributed by atoms with Gasteiger partial charge in [0.2, 0.25) is 5.95 Å². The number of imidazole rings is 1. The Morgan fingerprint density at radius 2 is 1.88 bits per heavy atom. The molecule has 0 amide bonds. The summed E-state index contributed by atoms with van der Waals surface area (Å²) in [7, 11) is 2.75. The van der Waals surface area contributed by atoms with Gasteiger partial charge in [-0.1, -0.05) is 5.92 Å². The first kappa shape index (κ1) is 21.4. The minimum atomic E-state index is -0.522. The predicted octanol–water partition coefficient (Wildman–Crippen LogP) is 0.105. The maximum Gasteiger partial charge on any atom is 0.337 e. The monoisotopic (exact) mass is 436 g/mol. The highest BCUT2D eigenvalue weighted by atomic mass is 16.5. The average molecular weight is 436 g/mol. The van der Waals surface area contributed by atoms with Crippen molar-refractivity contribution >= 4 is 23.1 Å². The van der Waals surface area contributed by atoms with E-state index in [2.05, 4.69) is 22.1 Å². The number of hydrogen-bond acceptors (Lipinski definition) is 7. The number of methoxy groups -OCH3 is 1. The number of esters is 1. The summed E-state index contributed by atoms with van der Waals surface area (Å²) in [5.74, 6) is 6.01. The second-order valence-corrected chi connectivity index (χ2v) is 7.35. The van der Waals surface area contributed by atoms with Crippen LogP contribution in [0.3, 0.4) is 0 Å². The van der Waals surface area contributed by atoms with Gasteiger partial charge in [0.15, 0.2) is 11.2 Å². The molecule has 0 aliphatic carbocycles. The molecule has 0 bridgehead atoms. The van der Waals surface area contributed by atoms with Crippen molar-refractivity contribution in [2.24, 2.45) is 7.05 Å². The van der Waals surface area contributed by atoms with Gasteiger partial charge in [0.05, 0.1) is 24.9 Å². The molecule has 1 aliphatic rings. The smallest absolute Gasteiger partial charge is 0.337 e. The lowest BCUT2D eigenvalue weighted by Crippen LogP contribution is -2.44. The van der Waals surface area contributed by atoms with E-state index >= 15 is 0 Å². The standard InChI is InChI=1S/C22H24N6O4/c1-4-5-12-27-17-18(24-21(27)26-13-10-23-11-14-26)28(22(31)25(2)19(17)29)16-8-6-15(7-9-16)20(30)32-3/h6-9,23H,10-14H2,1-3H3. The Morgan fingerprint density at radius 3 is 2.50 bits per heavy atom. The van der Waals surface area contributed by atoms with Crippen LogP contribution in [-0.2, 0) is 18.3 Å². The van der Waals surface area contributed by atoms with Gasteiger partial charge in [-0.15, -0.1) is 5.92 Å². The molecule has 10 nitrogen and oxygen atoms in total. The quantitative estimate of drug-likeness (QED) is 0.457. The molecule has 0 atom stereocenters. The number of nitrogens with one attached hydrogen (secondary N) is 1. The van der Waals surface area contributed by atoms with Gasteiger partial charge in [0.1, 0.15) is 0 Å². The number of piperazine rings is 1. The summed E-state index contributed by atoms with van der Waals surface area (Å²) in [5.41, 5.74) is 0.457. The number of ether oxygens (including phenoxy) is 1. The lowest BCUT2D eigenvalue weighted by Gasteiger charge is -2.28. The van der Waals surface area contributed by atoms with Gasteiger partial charge in [-0.25, -0.2) is 14.2 Å². The van der Waals surface area contributed by atoms with Gasteiger partial charge in [-0.2, -0.15) is 4.98 Å². The predicted molar refractivity (Wildman–Crippen MR) is 120 cm³/mol. The third-order valence-electron chi connectivity index (χ3n) is 5.49. The van der Waals surface area contributed by atoms with Gasteiger partial charge in [0, 0.05) is 33.2 Å². The highest BCUT2D eigenvalue weighted by Gasteiger charge is 2.25. The lowest BCUT2D eigenvalue weighted by atomic mass is 10.2. The average Bonchev–Trinajstić information content (AvgIpc) is 3.21. The fourth-order valence-electron chi connectivity index (χ4n) is 3.79. The van der Waals surface area contributed by atoms with E-state index in [1.807, 2.05) is 0 Å². The molecule has 0 spiro atoms. The van der Waals surface area contributed by atoms with E-state index in [1.165, 1.54) is 18.7 Å². The lowest BCUT2D eigenvalue weighted by molar-refractivity contribution is 0.0600. The molecule has 1 saturated heterocycles. The molecule has 166 valence electrons. The third kappa shape index (κ3) is 3.56. The zero-order valence-corrected chi connectivity index (χ0v) is 18.2. The zero-order valence-electron chi connectivity index (χ0n) is 18.2. The number of fused-ring (bicyclic) bond motifs is 1. The van der Waals surface area contributed by atoms with Crippen molar-refractivity contribution in [3.05, 3.63) is 50.7 Å². The fourth-order valence-corrected chi connectivity index (χ4v) is 3.79. The van der Waals surface area contributed by atoms with E-state index in [1.54, 1.807) is 35.8 Å². The summed E-state index contributed by atoms with van der Waals surface area (Å²) in [6.07, 6.45) is 0. The number of carbonyl (C=O) groups is 1. The van der Waals surface area contributed by atoms with Gasteiger partial charge < -0.3 is 15.0 Å². The maximum atomic E-state index is 13.1. The summed E-state index contributed by atoms with van der Waals surface area (Å²) in [6.45, 7) is 5.05. The van der Waals surface area contributed by atoms with Crippen molar-refractivity contribution in [1.29, 1.82) is 0 Å². The van der Waals surface area contributed by atoms with Crippen molar-refractivity contribution in [3.63, 3.8) is 0 Å². The fraction of sp³-hybridized carbons (Fsp3) is 0.364. The Kier molecular flexibility index (Phi) is 5.83. The van der Waals surface area contributed by atoms with Crippen molar-refractivity contribution in [2.75, 3.05) is 38.2 Å². The maximum absolute atomic E-state index is 13.1.